The molecule has 1 unspecified atom stereocenters. The molecule has 4 heteroatoms. The monoisotopic (exact) mass is 230 g/mol. The molecule has 0 aliphatic rings. The van der Waals surface area contributed by atoms with E-state index >= 15 is 0 Å². The van der Waals surface area contributed by atoms with Crippen LogP contribution in [-0.4, -0.2) is 21.7 Å². The van der Waals surface area contributed by atoms with Crippen molar-refractivity contribution in [1.29, 1.82) is 0 Å². The lowest BCUT2D eigenvalue weighted by atomic mass is 10.2. The molecule has 0 spiro atoms. The number of hydrogen-bond acceptors (Lipinski definition) is 2. The molecule has 0 aliphatic heterocycles. The third-order valence-corrected chi connectivity index (χ3v) is 3.48. The fourth-order valence-corrected chi connectivity index (χ4v) is 1.87. The van der Waals surface area contributed by atoms with E-state index in [2.05, 4.69) is 0 Å². The standard InChI is InChI=1S/C10H11ClO2S/c1-10(11,9(12)13)7-14-8-5-3-2-4-6-8/h2-6H,7H2,1H3,(H,12,13). The minimum atomic E-state index is -1.19. The second-order valence-electron chi connectivity index (χ2n) is 3.10. The highest BCUT2D eigenvalue weighted by Gasteiger charge is 2.30. The Balaban J connectivity index is 2.53. The van der Waals surface area contributed by atoms with Crippen molar-refractivity contribution < 1.29 is 9.90 Å². The Bertz CT molecular complexity index is 311. The van der Waals surface area contributed by atoms with E-state index in [1.165, 1.54) is 18.7 Å². The van der Waals surface area contributed by atoms with E-state index in [1.54, 1.807) is 0 Å². The maximum absolute atomic E-state index is 10.7. The van der Waals surface area contributed by atoms with Crippen LogP contribution in [0.5, 0.6) is 0 Å². The summed E-state index contributed by atoms with van der Waals surface area (Å²) in [4.78, 5) is 10.5. The summed E-state index contributed by atoms with van der Waals surface area (Å²) in [5.41, 5.74) is 0. The Morgan fingerprint density at radius 3 is 2.57 bits per heavy atom. The third-order valence-electron chi connectivity index (χ3n) is 1.70. The number of alkyl halides is 1. The Hall–Kier alpha value is -0.670. The highest BCUT2D eigenvalue weighted by atomic mass is 35.5. The van der Waals surface area contributed by atoms with Gasteiger partial charge in [0.2, 0.25) is 0 Å². The highest BCUT2D eigenvalue weighted by molar-refractivity contribution is 7.99. The average molecular weight is 231 g/mol. The van der Waals surface area contributed by atoms with E-state index in [4.69, 9.17) is 16.7 Å². The van der Waals surface area contributed by atoms with Crippen LogP contribution in [0.25, 0.3) is 0 Å². The number of carbonyl (C=O) groups is 1. The normalized spacial score (nSPS) is 14.7. The smallest absolute Gasteiger partial charge is 0.325 e. The zero-order valence-corrected chi connectivity index (χ0v) is 9.31. The molecule has 1 rings (SSSR count). The molecule has 0 fully saturated rings. The molecule has 1 N–H and O–H groups in total. The van der Waals surface area contributed by atoms with Crippen LogP contribution in [0.3, 0.4) is 0 Å². The summed E-state index contributed by atoms with van der Waals surface area (Å²) in [6.07, 6.45) is 0. The van der Waals surface area contributed by atoms with Crippen LogP contribution in [0.1, 0.15) is 6.92 Å². The van der Waals surface area contributed by atoms with E-state index < -0.39 is 10.8 Å². The number of carboxylic acid groups (broad SMARTS) is 1. The van der Waals surface area contributed by atoms with Crippen molar-refractivity contribution in [2.24, 2.45) is 0 Å². The van der Waals surface area contributed by atoms with Gasteiger partial charge in [0.25, 0.3) is 0 Å². The van der Waals surface area contributed by atoms with Crippen LogP contribution in [0.2, 0.25) is 0 Å². The van der Waals surface area contributed by atoms with E-state index in [9.17, 15) is 4.79 Å². The van der Waals surface area contributed by atoms with Gasteiger partial charge in [-0.25, -0.2) is 0 Å². The number of carboxylic acids is 1. The summed E-state index contributed by atoms with van der Waals surface area (Å²) in [6.45, 7) is 1.51. The Labute approximate surface area is 92.3 Å². The van der Waals surface area contributed by atoms with Crippen molar-refractivity contribution in [3.8, 4) is 0 Å². The molecule has 0 radical (unpaired) electrons. The second-order valence-corrected chi connectivity index (χ2v) is 4.99. The van der Waals surface area contributed by atoms with Crippen LogP contribution in [0.4, 0.5) is 0 Å². The van der Waals surface area contributed by atoms with Gasteiger partial charge in [0, 0.05) is 10.6 Å². The van der Waals surface area contributed by atoms with Gasteiger partial charge in [-0.2, -0.15) is 0 Å². The lowest BCUT2D eigenvalue weighted by molar-refractivity contribution is -0.139. The summed E-state index contributed by atoms with van der Waals surface area (Å²) >= 11 is 7.24. The molecule has 0 bridgehead atoms. The van der Waals surface area contributed by atoms with Gasteiger partial charge >= 0.3 is 5.97 Å². The van der Waals surface area contributed by atoms with Crippen molar-refractivity contribution in [2.45, 2.75) is 16.7 Å². The molecular weight excluding hydrogens is 220 g/mol. The van der Waals surface area contributed by atoms with E-state index in [0.717, 1.165) is 4.90 Å². The minimum absolute atomic E-state index is 0.355. The lowest BCUT2D eigenvalue weighted by Crippen LogP contribution is -2.31. The second kappa shape index (κ2) is 4.71. The molecule has 2 nitrogen and oxygen atoms in total. The van der Waals surface area contributed by atoms with Crippen molar-refractivity contribution >= 4 is 29.3 Å². The van der Waals surface area contributed by atoms with Crippen LogP contribution in [-0.2, 0) is 4.79 Å². The molecule has 14 heavy (non-hydrogen) atoms. The van der Waals surface area contributed by atoms with Crippen molar-refractivity contribution in [1.82, 2.24) is 0 Å². The maximum atomic E-state index is 10.7. The third kappa shape index (κ3) is 3.24. The summed E-state index contributed by atoms with van der Waals surface area (Å²) < 4.78 is 0. The fourth-order valence-electron chi connectivity index (χ4n) is 0.797. The number of hydrogen-bond donors (Lipinski definition) is 1. The van der Waals surface area contributed by atoms with E-state index in [0.29, 0.717) is 5.75 Å². The molecule has 1 atom stereocenters. The van der Waals surface area contributed by atoms with Crippen molar-refractivity contribution in [2.75, 3.05) is 5.75 Å². The number of thioether (sulfide) groups is 1. The SMILES string of the molecule is CC(Cl)(CSc1ccccc1)C(=O)O. The van der Waals surface area contributed by atoms with Crippen molar-refractivity contribution in [3.63, 3.8) is 0 Å². The van der Waals surface area contributed by atoms with Crippen LogP contribution in [0, 0.1) is 0 Å². The first-order valence-corrected chi connectivity index (χ1v) is 5.49. The Morgan fingerprint density at radius 2 is 2.07 bits per heavy atom. The van der Waals surface area contributed by atoms with Gasteiger partial charge in [0.05, 0.1) is 0 Å². The quantitative estimate of drug-likeness (QED) is 0.639. The summed E-state index contributed by atoms with van der Waals surface area (Å²) in [5.74, 6) is -0.629. The van der Waals surface area contributed by atoms with Gasteiger partial charge in [0.1, 0.15) is 4.87 Å². The van der Waals surface area contributed by atoms with Crippen LogP contribution in [0.15, 0.2) is 35.2 Å². The molecule has 76 valence electrons. The van der Waals surface area contributed by atoms with Gasteiger partial charge in [-0.1, -0.05) is 18.2 Å². The minimum Gasteiger partial charge on any atom is -0.480 e. The molecule has 0 aliphatic carbocycles. The van der Waals surface area contributed by atoms with E-state index in [-0.39, 0.29) is 0 Å². The Kier molecular flexibility index (Phi) is 3.84. The predicted molar refractivity (Wildman–Crippen MR) is 59.1 cm³/mol. The average Bonchev–Trinajstić information content (AvgIpc) is 2.16. The summed E-state index contributed by atoms with van der Waals surface area (Å²) in [7, 11) is 0. The molecular formula is C10H11ClO2S. The molecule has 0 saturated heterocycles. The molecule has 0 amide bonds. The zero-order chi connectivity index (χ0) is 10.6. The molecule has 0 aromatic heterocycles. The van der Waals surface area contributed by atoms with Crippen LogP contribution >= 0.6 is 23.4 Å². The van der Waals surface area contributed by atoms with Crippen molar-refractivity contribution in [3.05, 3.63) is 30.3 Å². The molecule has 1 aromatic rings. The molecule has 1 aromatic carbocycles. The van der Waals surface area contributed by atoms with Gasteiger partial charge in [-0.3, -0.25) is 4.79 Å². The largest absolute Gasteiger partial charge is 0.480 e. The first kappa shape index (κ1) is 11.4. The number of aliphatic carboxylic acids is 1. The van der Waals surface area contributed by atoms with Gasteiger partial charge in [-0.15, -0.1) is 23.4 Å². The topological polar surface area (TPSA) is 37.3 Å². The number of halogens is 1. The maximum Gasteiger partial charge on any atom is 0.325 e. The Morgan fingerprint density at radius 1 is 1.50 bits per heavy atom. The zero-order valence-electron chi connectivity index (χ0n) is 7.74. The van der Waals surface area contributed by atoms with E-state index in [1.807, 2.05) is 30.3 Å². The predicted octanol–water partition coefficient (Wildman–Crippen LogP) is 2.86. The number of benzene rings is 1. The lowest BCUT2D eigenvalue weighted by Gasteiger charge is -2.15. The molecule has 0 saturated carbocycles. The first-order chi connectivity index (χ1) is 6.52. The van der Waals surface area contributed by atoms with Gasteiger partial charge in [0.15, 0.2) is 0 Å². The fraction of sp³-hybridized carbons (Fsp3) is 0.300. The van der Waals surface area contributed by atoms with Crippen LogP contribution < -0.4 is 0 Å². The first-order valence-electron chi connectivity index (χ1n) is 4.12. The summed E-state index contributed by atoms with van der Waals surface area (Å²) in [6, 6.07) is 9.60. The highest BCUT2D eigenvalue weighted by Crippen LogP contribution is 2.26. The summed E-state index contributed by atoms with van der Waals surface area (Å²) in [5, 5.41) is 8.77. The van der Waals surface area contributed by atoms with Gasteiger partial charge < -0.3 is 5.11 Å². The number of rotatable bonds is 4. The van der Waals surface area contributed by atoms with Gasteiger partial charge in [-0.05, 0) is 19.1 Å². The molecule has 0 heterocycles.